The number of rotatable bonds is 5. The molecule has 2 aromatic heterocycles. The second kappa shape index (κ2) is 8.72. The fourth-order valence-corrected chi connectivity index (χ4v) is 3.16. The minimum atomic E-state index is 0.456. The maximum absolute atomic E-state index is 5.44. The Labute approximate surface area is 158 Å². The van der Waals surface area contributed by atoms with Gasteiger partial charge in [-0.1, -0.05) is 0 Å². The van der Waals surface area contributed by atoms with Crippen LogP contribution in [0.3, 0.4) is 0 Å². The minimum absolute atomic E-state index is 0.456. The first-order valence-electron chi connectivity index (χ1n) is 9.41. The van der Waals surface area contributed by atoms with Gasteiger partial charge in [0.1, 0.15) is 0 Å². The highest BCUT2D eigenvalue weighted by atomic mass is 16.5. The second-order valence-corrected chi connectivity index (χ2v) is 6.56. The van der Waals surface area contributed by atoms with Gasteiger partial charge in [0.2, 0.25) is 17.8 Å². The van der Waals surface area contributed by atoms with Crippen molar-refractivity contribution in [2.24, 2.45) is 5.10 Å². The van der Waals surface area contributed by atoms with Gasteiger partial charge in [0, 0.05) is 38.6 Å². The Bertz CT molecular complexity index is 721. The van der Waals surface area contributed by atoms with Crippen molar-refractivity contribution in [1.82, 2.24) is 19.9 Å². The molecule has 0 spiro atoms. The summed E-state index contributed by atoms with van der Waals surface area (Å²) in [4.78, 5) is 22.2. The summed E-state index contributed by atoms with van der Waals surface area (Å²) in [5.41, 5.74) is 3.91. The fraction of sp³-hybridized carbons (Fsp3) is 0.500. The Morgan fingerprint density at radius 2 is 1.56 bits per heavy atom. The Morgan fingerprint density at radius 3 is 2.26 bits per heavy atom. The molecule has 1 N–H and O–H groups in total. The first-order chi connectivity index (χ1) is 13.4. The van der Waals surface area contributed by atoms with Crippen molar-refractivity contribution in [2.45, 2.75) is 19.3 Å². The van der Waals surface area contributed by atoms with Gasteiger partial charge in [-0.15, -0.1) is 0 Å². The summed E-state index contributed by atoms with van der Waals surface area (Å²) >= 11 is 0. The van der Waals surface area contributed by atoms with E-state index in [1.165, 1.54) is 19.3 Å². The quantitative estimate of drug-likeness (QED) is 0.628. The first kappa shape index (κ1) is 17.6. The SMILES string of the molecule is C(=N\Nc1nc(N2CCCCC2)nc(N2CCOCC2)n1)/c1ccncc1. The van der Waals surface area contributed by atoms with Crippen LogP contribution in [0.2, 0.25) is 0 Å². The summed E-state index contributed by atoms with van der Waals surface area (Å²) in [6.45, 7) is 4.90. The molecule has 2 fully saturated rings. The molecule has 9 heteroatoms. The summed E-state index contributed by atoms with van der Waals surface area (Å²) in [6, 6.07) is 3.77. The van der Waals surface area contributed by atoms with Crippen LogP contribution in [-0.4, -0.2) is 65.5 Å². The van der Waals surface area contributed by atoms with Gasteiger partial charge in [-0.25, -0.2) is 5.43 Å². The maximum atomic E-state index is 5.44. The average molecular weight is 368 g/mol. The summed E-state index contributed by atoms with van der Waals surface area (Å²) in [7, 11) is 0. The van der Waals surface area contributed by atoms with E-state index in [0.29, 0.717) is 31.1 Å². The lowest BCUT2D eigenvalue weighted by Crippen LogP contribution is -2.38. The lowest BCUT2D eigenvalue weighted by atomic mass is 10.1. The third kappa shape index (κ3) is 4.68. The Kier molecular flexibility index (Phi) is 5.68. The van der Waals surface area contributed by atoms with Gasteiger partial charge in [-0.3, -0.25) is 4.98 Å². The predicted octanol–water partition coefficient (Wildman–Crippen LogP) is 1.54. The largest absolute Gasteiger partial charge is 0.378 e. The van der Waals surface area contributed by atoms with E-state index < -0.39 is 0 Å². The van der Waals surface area contributed by atoms with Gasteiger partial charge in [0.05, 0.1) is 19.4 Å². The molecule has 4 rings (SSSR count). The predicted molar refractivity (Wildman–Crippen MR) is 104 cm³/mol. The number of ether oxygens (including phenoxy) is 1. The van der Waals surface area contributed by atoms with Crippen LogP contribution < -0.4 is 15.2 Å². The minimum Gasteiger partial charge on any atom is -0.378 e. The zero-order valence-electron chi connectivity index (χ0n) is 15.3. The van der Waals surface area contributed by atoms with Crippen molar-refractivity contribution in [2.75, 3.05) is 54.6 Å². The molecule has 0 saturated carbocycles. The van der Waals surface area contributed by atoms with Gasteiger partial charge >= 0.3 is 0 Å². The van der Waals surface area contributed by atoms with E-state index in [0.717, 1.165) is 31.7 Å². The number of pyridine rings is 1. The number of aromatic nitrogens is 4. The van der Waals surface area contributed by atoms with Crippen LogP contribution in [0.4, 0.5) is 17.8 Å². The van der Waals surface area contributed by atoms with Gasteiger partial charge in [0.15, 0.2) is 0 Å². The molecule has 0 amide bonds. The maximum Gasteiger partial charge on any atom is 0.250 e. The van der Waals surface area contributed by atoms with Crippen molar-refractivity contribution < 1.29 is 4.74 Å². The van der Waals surface area contributed by atoms with Crippen LogP contribution in [0, 0.1) is 0 Å². The van der Waals surface area contributed by atoms with E-state index in [1.54, 1.807) is 18.6 Å². The van der Waals surface area contributed by atoms with Gasteiger partial charge < -0.3 is 14.5 Å². The van der Waals surface area contributed by atoms with Crippen LogP contribution in [0.25, 0.3) is 0 Å². The topological polar surface area (TPSA) is 91.7 Å². The molecule has 0 unspecified atom stereocenters. The number of nitrogens with one attached hydrogen (secondary N) is 1. The number of hydrogen-bond donors (Lipinski definition) is 1. The monoisotopic (exact) mass is 368 g/mol. The van der Waals surface area contributed by atoms with Crippen LogP contribution in [0.1, 0.15) is 24.8 Å². The van der Waals surface area contributed by atoms with Gasteiger partial charge in [-0.05, 0) is 37.0 Å². The van der Waals surface area contributed by atoms with E-state index in [9.17, 15) is 0 Å². The third-order valence-corrected chi connectivity index (χ3v) is 4.63. The molecule has 2 aliphatic heterocycles. The normalized spacial score (nSPS) is 18.1. The Hall–Kier alpha value is -2.81. The van der Waals surface area contributed by atoms with E-state index >= 15 is 0 Å². The standard InChI is InChI=1S/C18H24N8O/c1-2-8-25(9-3-1)17-21-16(24-20-14-15-4-6-19-7-5-15)22-18(23-17)26-10-12-27-13-11-26/h4-7,14H,1-3,8-13H2,(H,21,22,23,24)/b20-14+. The molecular weight excluding hydrogens is 344 g/mol. The summed E-state index contributed by atoms with van der Waals surface area (Å²) in [5.74, 6) is 1.85. The number of hydrogen-bond acceptors (Lipinski definition) is 9. The molecule has 0 radical (unpaired) electrons. The molecular formula is C18H24N8O. The number of nitrogens with zero attached hydrogens (tertiary/aromatic N) is 7. The lowest BCUT2D eigenvalue weighted by molar-refractivity contribution is 0.122. The molecule has 27 heavy (non-hydrogen) atoms. The molecule has 142 valence electrons. The summed E-state index contributed by atoms with van der Waals surface area (Å²) in [5, 5.41) is 4.27. The average Bonchev–Trinajstić information content (AvgIpc) is 2.76. The second-order valence-electron chi connectivity index (χ2n) is 6.56. The molecule has 0 aliphatic carbocycles. The number of morpholine rings is 1. The van der Waals surface area contributed by atoms with Crippen molar-refractivity contribution in [3.63, 3.8) is 0 Å². The molecule has 2 saturated heterocycles. The Morgan fingerprint density at radius 1 is 0.889 bits per heavy atom. The van der Waals surface area contributed by atoms with E-state index in [1.807, 2.05) is 12.1 Å². The van der Waals surface area contributed by atoms with Gasteiger partial charge in [-0.2, -0.15) is 20.1 Å². The van der Waals surface area contributed by atoms with Crippen molar-refractivity contribution >= 4 is 24.1 Å². The lowest BCUT2D eigenvalue weighted by Gasteiger charge is -2.30. The zero-order valence-corrected chi connectivity index (χ0v) is 15.3. The highest BCUT2D eigenvalue weighted by Gasteiger charge is 2.20. The number of anilines is 3. The molecule has 2 aliphatic rings. The van der Waals surface area contributed by atoms with Crippen LogP contribution in [0.5, 0.6) is 0 Å². The van der Waals surface area contributed by atoms with Crippen molar-refractivity contribution in [3.8, 4) is 0 Å². The first-order valence-corrected chi connectivity index (χ1v) is 9.41. The number of hydrazone groups is 1. The third-order valence-electron chi connectivity index (χ3n) is 4.63. The molecule has 0 aromatic carbocycles. The zero-order chi connectivity index (χ0) is 18.3. The summed E-state index contributed by atoms with van der Waals surface area (Å²) in [6.07, 6.45) is 8.79. The molecule has 0 bridgehead atoms. The van der Waals surface area contributed by atoms with Gasteiger partial charge in [0.25, 0.3) is 0 Å². The molecule has 9 nitrogen and oxygen atoms in total. The molecule has 2 aromatic rings. The molecule has 0 atom stereocenters. The van der Waals surface area contributed by atoms with E-state index in [2.05, 4.69) is 35.3 Å². The smallest absolute Gasteiger partial charge is 0.250 e. The van der Waals surface area contributed by atoms with Crippen LogP contribution in [-0.2, 0) is 4.74 Å². The van der Waals surface area contributed by atoms with E-state index in [4.69, 9.17) is 9.72 Å². The molecule has 4 heterocycles. The van der Waals surface area contributed by atoms with Crippen LogP contribution in [0.15, 0.2) is 29.6 Å². The van der Waals surface area contributed by atoms with Crippen molar-refractivity contribution in [1.29, 1.82) is 0 Å². The van der Waals surface area contributed by atoms with E-state index in [-0.39, 0.29) is 0 Å². The van der Waals surface area contributed by atoms with Crippen LogP contribution >= 0.6 is 0 Å². The highest BCUT2D eigenvalue weighted by Crippen LogP contribution is 2.20. The fourth-order valence-electron chi connectivity index (χ4n) is 3.16. The number of piperidine rings is 1. The highest BCUT2D eigenvalue weighted by molar-refractivity contribution is 5.79. The summed E-state index contributed by atoms with van der Waals surface area (Å²) < 4.78 is 5.44. The Balaban J connectivity index is 1.55. The van der Waals surface area contributed by atoms with Crippen molar-refractivity contribution in [3.05, 3.63) is 30.1 Å².